The minimum Gasteiger partial charge on any atom is -0.457 e. The molecule has 0 saturated heterocycles. The predicted octanol–water partition coefficient (Wildman–Crippen LogP) is 4.78. The molecule has 0 saturated carbocycles. The molecule has 0 atom stereocenters. The zero-order valence-corrected chi connectivity index (χ0v) is 17.4. The van der Waals surface area contributed by atoms with Crippen LogP contribution in [0.5, 0.6) is 11.5 Å². The summed E-state index contributed by atoms with van der Waals surface area (Å²) in [6, 6.07) is 20.7. The van der Waals surface area contributed by atoms with Gasteiger partial charge >= 0.3 is 0 Å². The van der Waals surface area contributed by atoms with E-state index in [2.05, 4.69) is 5.32 Å². The molecule has 0 spiro atoms. The molecule has 0 unspecified atom stereocenters. The fourth-order valence-electron chi connectivity index (χ4n) is 2.50. The summed E-state index contributed by atoms with van der Waals surface area (Å²) in [4.78, 5) is 12.6. The summed E-state index contributed by atoms with van der Waals surface area (Å²) in [7, 11) is -2.05. The van der Waals surface area contributed by atoms with Gasteiger partial charge in [0, 0.05) is 12.7 Å². The Labute approximate surface area is 174 Å². The Morgan fingerprint density at radius 1 is 0.966 bits per heavy atom. The molecular weight excluding hydrogens is 412 g/mol. The van der Waals surface area contributed by atoms with E-state index in [1.807, 2.05) is 30.3 Å². The third-order valence-electron chi connectivity index (χ3n) is 4.15. The molecule has 150 valence electrons. The van der Waals surface area contributed by atoms with E-state index in [1.54, 1.807) is 24.3 Å². The van der Waals surface area contributed by atoms with E-state index in [0.29, 0.717) is 22.9 Å². The summed E-state index contributed by atoms with van der Waals surface area (Å²) in [5.74, 6) is 0.891. The number of rotatable bonds is 6. The third-order valence-corrected chi connectivity index (χ3v) is 5.68. The average Bonchev–Trinajstić information content (AvgIpc) is 2.69. The van der Waals surface area contributed by atoms with E-state index in [9.17, 15) is 13.2 Å². The van der Waals surface area contributed by atoms with Crippen LogP contribution < -0.4 is 14.4 Å². The van der Waals surface area contributed by atoms with Gasteiger partial charge in [-0.1, -0.05) is 29.8 Å². The van der Waals surface area contributed by atoms with Crippen molar-refractivity contribution in [2.24, 2.45) is 0 Å². The lowest BCUT2D eigenvalue weighted by Crippen LogP contribution is -2.25. The van der Waals surface area contributed by atoms with Crippen molar-refractivity contribution in [1.29, 1.82) is 0 Å². The van der Waals surface area contributed by atoms with Crippen molar-refractivity contribution >= 4 is 38.9 Å². The second-order valence-electron chi connectivity index (χ2n) is 6.29. The first-order chi connectivity index (χ1) is 13.7. The molecule has 0 heterocycles. The van der Waals surface area contributed by atoms with Crippen LogP contribution in [0.15, 0.2) is 72.8 Å². The molecule has 0 fully saturated rings. The number of para-hydroxylation sites is 1. The number of carbonyl (C=O) groups excluding carboxylic acids is 1. The molecule has 0 aliphatic carbocycles. The van der Waals surface area contributed by atoms with Crippen molar-refractivity contribution in [3.05, 3.63) is 83.4 Å². The molecule has 0 aromatic heterocycles. The van der Waals surface area contributed by atoms with E-state index in [-0.39, 0.29) is 10.6 Å². The lowest BCUT2D eigenvalue weighted by molar-refractivity contribution is 0.102. The van der Waals surface area contributed by atoms with Gasteiger partial charge in [0.05, 0.1) is 22.5 Å². The van der Waals surface area contributed by atoms with E-state index in [4.69, 9.17) is 16.3 Å². The van der Waals surface area contributed by atoms with Crippen LogP contribution >= 0.6 is 11.6 Å². The molecule has 3 aromatic rings. The Hall–Kier alpha value is -3.03. The minimum atomic E-state index is -3.46. The highest BCUT2D eigenvalue weighted by Crippen LogP contribution is 2.26. The molecule has 29 heavy (non-hydrogen) atoms. The first kappa shape index (κ1) is 20.7. The zero-order valence-electron chi connectivity index (χ0n) is 15.8. The van der Waals surface area contributed by atoms with Crippen LogP contribution in [-0.4, -0.2) is 27.6 Å². The summed E-state index contributed by atoms with van der Waals surface area (Å²) in [5, 5.41) is 2.97. The fraction of sp³-hybridized carbons (Fsp3) is 0.0952. The van der Waals surface area contributed by atoms with Crippen molar-refractivity contribution in [2.75, 3.05) is 22.9 Å². The average molecular weight is 431 g/mol. The molecule has 0 bridgehead atoms. The maximum atomic E-state index is 12.6. The molecular formula is C21H19ClN2O4S. The molecule has 1 amide bonds. The largest absolute Gasteiger partial charge is 0.457 e. The van der Waals surface area contributed by atoms with Gasteiger partial charge in [0.1, 0.15) is 11.5 Å². The molecule has 6 nitrogen and oxygen atoms in total. The van der Waals surface area contributed by atoms with E-state index >= 15 is 0 Å². The van der Waals surface area contributed by atoms with Crippen molar-refractivity contribution < 1.29 is 17.9 Å². The number of amides is 1. The summed E-state index contributed by atoms with van der Waals surface area (Å²) < 4.78 is 30.3. The number of nitrogens with one attached hydrogen (secondary N) is 1. The van der Waals surface area contributed by atoms with Crippen molar-refractivity contribution in [2.45, 2.75) is 0 Å². The summed E-state index contributed by atoms with van der Waals surface area (Å²) in [6.07, 6.45) is 1.08. The van der Waals surface area contributed by atoms with Crippen LogP contribution in [-0.2, 0) is 10.0 Å². The van der Waals surface area contributed by atoms with Crippen molar-refractivity contribution in [3.63, 3.8) is 0 Å². The maximum absolute atomic E-state index is 12.6. The van der Waals surface area contributed by atoms with Gasteiger partial charge < -0.3 is 10.1 Å². The predicted molar refractivity (Wildman–Crippen MR) is 116 cm³/mol. The van der Waals surface area contributed by atoms with Crippen LogP contribution in [0.1, 0.15) is 10.4 Å². The number of nitrogens with zero attached hydrogens (tertiary/aromatic N) is 1. The van der Waals surface area contributed by atoms with Gasteiger partial charge in [0.25, 0.3) is 5.91 Å². The Bertz CT molecular complexity index is 1120. The van der Waals surface area contributed by atoms with Crippen molar-refractivity contribution in [1.82, 2.24) is 0 Å². The highest BCUT2D eigenvalue weighted by atomic mass is 35.5. The quantitative estimate of drug-likeness (QED) is 0.610. The van der Waals surface area contributed by atoms with Crippen LogP contribution in [0.3, 0.4) is 0 Å². The number of benzene rings is 3. The molecule has 3 rings (SSSR count). The Balaban J connectivity index is 1.74. The fourth-order valence-corrected chi connectivity index (χ4v) is 3.20. The van der Waals surface area contributed by atoms with Gasteiger partial charge in [0.2, 0.25) is 10.0 Å². The number of hydrogen-bond acceptors (Lipinski definition) is 4. The van der Waals surface area contributed by atoms with Crippen LogP contribution in [0, 0.1) is 0 Å². The lowest BCUT2D eigenvalue weighted by Gasteiger charge is -2.18. The topological polar surface area (TPSA) is 75.7 Å². The Kier molecular flexibility index (Phi) is 6.10. The molecule has 0 aliphatic rings. The normalized spacial score (nSPS) is 11.0. The number of sulfonamides is 1. The number of halogens is 1. The second-order valence-corrected chi connectivity index (χ2v) is 8.71. The second kappa shape index (κ2) is 8.55. The highest BCUT2D eigenvalue weighted by Gasteiger charge is 2.17. The summed E-state index contributed by atoms with van der Waals surface area (Å²) in [5.41, 5.74) is 1.06. The van der Waals surface area contributed by atoms with Gasteiger partial charge in [-0.3, -0.25) is 9.10 Å². The van der Waals surface area contributed by atoms with Gasteiger partial charge in [-0.25, -0.2) is 8.42 Å². The van der Waals surface area contributed by atoms with E-state index in [1.165, 1.54) is 25.2 Å². The standard InChI is InChI=1S/C21H19ClN2O4S/c1-24(29(2,26)27)16-10-13-20(22)19(14-16)21(25)23-15-8-11-18(12-9-15)28-17-6-4-3-5-7-17/h3-14H,1-2H3,(H,23,25). The zero-order chi connectivity index (χ0) is 21.0. The number of anilines is 2. The minimum absolute atomic E-state index is 0.171. The van der Waals surface area contributed by atoms with Gasteiger partial charge in [0.15, 0.2) is 0 Å². The molecule has 8 heteroatoms. The summed E-state index contributed by atoms with van der Waals surface area (Å²) >= 11 is 6.14. The number of ether oxygens (including phenoxy) is 1. The van der Waals surface area contributed by atoms with Crippen LogP contribution in [0.4, 0.5) is 11.4 Å². The smallest absolute Gasteiger partial charge is 0.257 e. The monoisotopic (exact) mass is 430 g/mol. The molecule has 0 radical (unpaired) electrons. The molecule has 1 N–H and O–H groups in total. The first-order valence-electron chi connectivity index (χ1n) is 8.62. The van der Waals surface area contributed by atoms with E-state index in [0.717, 1.165) is 10.6 Å². The van der Waals surface area contributed by atoms with Gasteiger partial charge in [-0.15, -0.1) is 0 Å². The third kappa shape index (κ3) is 5.28. The van der Waals surface area contributed by atoms with Crippen molar-refractivity contribution in [3.8, 4) is 11.5 Å². The van der Waals surface area contributed by atoms with Crippen LogP contribution in [0.2, 0.25) is 5.02 Å². The highest BCUT2D eigenvalue weighted by molar-refractivity contribution is 7.92. The van der Waals surface area contributed by atoms with E-state index < -0.39 is 15.9 Å². The SMILES string of the molecule is CN(c1ccc(Cl)c(C(=O)Nc2ccc(Oc3ccccc3)cc2)c1)S(C)(=O)=O. The Morgan fingerprint density at radius 2 is 1.59 bits per heavy atom. The van der Waals surface area contributed by atoms with Crippen LogP contribution in [0.25, 0.3) is 0 Å². The van der Waals surface area contributed by atoms with Gasteiger partial charge in [-0.2, -0.15) is 0 Å². The van der Waals surface area contributed by atoms with Gasteiger partial charge in [-0.05, 0) is 54.6 Å². The Morgan fingerprint density at radius 3 is 2.21 bits per heavy atom. The summed E-state index contributed by atoms with van der Waals surface area (Å²) in [6.45, 7) is 0. The molecule has 3 aromatic carbocycles. The number of hydrogen-bond donors (Lipinski definition) is 1. The number of carbonyl (C=O) groups is 1. The maximum Gasteiger partial charge on any atom is 0.257 e. The first-order valence-corrected chi connectivity index (χ1v) is 10.8. The lowest BCUT2D eigenvalue weighted by atomic mass is 10.1. The molecule has 0 aliphatic heterocycles.